The Morgan fingerprint density at radius 2 is 2.08 bits per heavy atom. The third-order valence-corrected chi connectivity index (χ3v) is 6.04. The van der Waals surface area contributed by atoms with E-state index in [9.17, 15) is 9.59 Å². The Kier molecular flexibility index (Phi) is 6.17. The number of likely N-dealkylation sites (N-methyl/N-ethyl adjacent to an activating group) is 1. The van der Waals surface area contributed by atoms with Crippen LogP contribution < -0.4 is 11.0 Å². The molecule has 0 spiro atoms. The first-order valence-corrected chi connectivity index (χ1v) is 10.4. The zero-order valence-electron chi connectivity index (χ0n) is 15.2. The summed E-state index contributed by atoms with van der Waals surface area (Å²) in [7, 11) is 0. The van der Waals surface area contributed by atoms with Crippen LogP contribution in [0.3, 0.4) is 0 Å². The molecule has 1 amide bonds. The van der Waals surface area contributed by atoms with Gasteiger partial charge in [-0.05, 0) is 45.2 Å². The van der Waals surface area contributed by atoms with Crippen molar-refractivity contribution in [3.63, 3.8) is 0 Å². The quantitative estimate of drug-likeness (QED) is 0.531. The van der Waals surface area contributed by atoms with E-state index in [1.807, 2.05) is 4.57 Å². The first-order valence-electron chi connectivity index (χ1n) is 9.39. The van der Waals surface area contributed by atoms with Crippen LogP contribution in [0.25, 0.3) is 0 Å². The zero-order valence-corrected chi connectivity index (χ0v) is 16.0. The van der Waals surface area contributed by atoms with Crippen molar-refractivity contribution in [1.29, 1.82) is 0 Å². The molecule has 3 rings (SSSR count). The van der Waals surface area contributed by atoms with E-state index in [1.54, 1.807) is 0 Å². The van der Waals surface area contributed by atoms with Crippen LogP contribution >= 0.6 is 11.8 Å². The fraction of sp³-hybridized carbons (Fsp3) is 0.722. The van der Waals surface area contributed by atoms with Gasteiger partial charge in [0.05, 0.1) is 5.75 Å². The Morgan fingerprint density at radius 1 is 1.32 bits per heavy atom. The summed E-state index contributed by atoms with van der Waals surface area (Å²) in [6.07, 6.45) is 5.14. The molecule has 1 heterocycles. The van der Waals surface area contributed by atoms with Gasteiger partial charge in [0, 0.05) is 30.4 Å². The van der Waals surface area contributed by atoms with E-state index in [0.717, 1.165) is 62.5 Å². The molecule has 0 atom stereocenters. The lowest BCUT2D eigenvalue weighted by Gasteiger charge is -2.20. The van der Waals surface area contributed by atoms with Gasteiger partial charge in [0.25, 0.3) is 0 Å². The Morgan fingerprint density at radius 3 is 2.76 bits per heavy atom. The van der Waals surface area contributed by atoms with E-state index in [2.05, 4.69) is 29.0 Å². The molecular formula is C18H28N4O2S. The largest absolute Gasteiger partial charge is 0.353 e. The highest BCUT2D eigenvalue weighted by Crippen LogP contribution is 2.29. The first-order chi connectivity index (χ1) is 12.1. The summed E-state index contributed by atoms with van der Waals surface area (Å²) in [5.74, 6) is 0.394. The van der Waals surface area contributed by atoms with E-state index >= 15 is 0 Å². The minimum Gasteiger partial charge on any atom is -0.353 e. The molecule has 1 N–H and O–H groups in total. The van der Waals surface area contributed by atoms with Crippen molar-refractivity contribution in [2.24, 2.45) is 0 Å². The van der Waals surface area contributed by atoms with Crippen molar-refractivity contribution in [3.8, 4) is 0 Å². The summed E-state index contributed by atoms with van der Waals surface area (Å²) >= 11 is 1.41. The molecule has 0 radical (unpaired) electrons. The molecule has 0 aliphatic heterocycles. The summed E-state index contributed by atoms with van der Waals surface area (Å²) in [5.41, 5.74) is 2.15. The van der Waals surface area contributed by atoms with Crippen LogP contribution in [-0.4, -0.2) is 51.8 Å². The molecule has 0 unspecified atom stereocenters. The molecule has 1 aromatic rings. The molecule has 2 aliphatic rings. The summed E-state index contributed by atoms with van der Waals surface area (Å²) in [6.45, 7) is 7.83. The fourth-order valence-electron chi connectivity index (χ4n) is 3.35. The highest BCUT2D eigenvalue weighted by atomic mass is 32.2. The van der Waals surface area contributed by atoms with Crippen molar-refractivity contribution in [3.05, 3.63) is 21.7 Å². The van der Waals surface area contributed by atoms with Crippen molar-refractivity contribution < 1.29 is 4.79 Å². The molecule has 0 aromatic carbocycles. The van der Waals surface area contributed by atoms with Gasteiger partial charge in [0.2, 0.25) is 5.91 Å². The maximum Gasteiger partial charge on any atom is 0.348 e. The third kappa shape index (κ3) is 4.64. The third-order valence-electron chi connectivity index (χ3n) is 5.02. The van der Waals surface area contributed by atoms with E-state index in [4.69, 9.17) is 0 Å². The molecule has 138 valence electrons. The van der Waals surface area contributed by atoms with E-state index in [0.29, 0.717) is 18.3 Å². The number of hydrogen-bond acceptors (Lipinski definition) is 5. The van der Waals surface area contributed by atoms with Gasteiger partial charge in [0.1, 0.15) is 5.03 Å². The number of fused-ring (bicyclic) bond motifs is 1. The maximum absolute atomic E-state index is 12.5. The van der Waals surface area contributed by atoms with Crippen LogP contribution in [0.4, 0.5) is 0 Å². The van der Waals surface area contributed by atoms with Gasteiger partial charge in [-0.1, -0.05) is 25.6 Å². The van der Waals surface area contributed by atoms with Crippen molar-refractivity contribution in [1.82, 2.24) is 19.8 Å². The number of nitrogens with one attached hydrogen (secondary N) is 1. The number of carbonyl (C=O) groups excluding carboxylic acids is 1. The predicted octanol–water partition coefficient (Wildman–Crippen LogP) is 1.44. The van der Waals surface area contributed by atoms with E-state index in [-0.39, 0.29) is 11.6 Å². The lowest BCUT2D eigenvalue weighted by atomic mass is 10.2. The lowest BCUT2D eigenvalue weighted by molar-refractivity contribution is -0.118. The normalized spacial score (nSPS) is 16.3. The molecule has 1 saturated carbocycles. The Balaban J connectivity index is 1.70. The van der Waals surface area contributed by atoms with Crippen molar-refractivity contribution in [2.75, 3.05) is 25.4 Å². The molecule has 2 aliphatic carbocycles. The topological polar surface area (TPSA) is 67.2 Å². The van der Waals surface area contributed by atoms with Gasteiger partial charge in [0.15, 0.2) is 0 Å². The van der Waals surface area contributed by atoms with Crippen molar-refractivity contribution >= 4 is 17.7 Å². The molecule has 1 fully saturated rings. The maximum atomic E-state index is 12.5. The molecule has 1 aromatic heterocycles. The summed E-state index contributed by atoms with van der Waals surface area (Å²) in [4.78, 5) is 31.1. The molecular weight excluding hydrogens is 336 g/mol. The van der Waals surface area contributed by atoms with Crippen molar-refractivity contribution in [2.45, 2.75) is 63.6 Å². The van der Waals surface area contributed by atoms with Crippen LogP contribution in [-0.2, 0) is 24.2 Å². The van der Waals surface area contributed by atoms with Gasteiger partial charge in [-0.3, -0.25) is 9.36 Å². The second kappa shape index (κ2) is 8.36. The fourth-order valence-corrected chi connectivity index (χ4v) is 4.24. The second-order valence-corrected chi connectivity index (χ2v) is 7.75. The lowest BCUT2D eigenvalue weighted by Crippen LogP contribution is -2.34. The molecule has 25 heavy (non-hydrogen) atoms. The number of rotatable bonds is 9. The number of amides is 1. The SMILES string of the molecule is CCN(CC)CCn1c2c(c(SCC(=O)NC3CC3)nc1=O)CCC2. The van der Waals surface area contributed by atoms with Gasteiger partial charge in [-0.25, -0.2) is 4.79 Å². The molecule has 0 bridgehead atoms. The number of nitrogens with zero attached hydrogens (tertiary/aromatic N) is 3. The highest BCUT2D eigenvalue weighted by molar-refractivity contribution is 7.99. The van der Waals surface area contributed by atoms with Crippen LogP contribution in [0.2, 0.25) is 0 Å². The van der Waals surface area contributed by atoms with Gasteiger partial charge in [-0.2, -0.15) is 4.98 Å². The van der Waals surface area contributed by atoms with Gasteiger partial charge < -0.3 is 10.2 Å². The van der Waals surface area contributed by atoms with Crippen LogP contribution in [0.1, 0.15) is 44.4 Å². The van der Waals surface area contributed by atoms with Crippen LogP contribution in [0, 0.1) is 0 Å². The summed E-state index contributed by atoms with van der Waals surface area (Å²) in [6, 6.07) is 0.375. The second-order valence-electron chi connectivity index (χ2n) is 6.79. The van der Waals surface area contributed by atoms with E-state index in [1.165, 1.54) is 17.3 Å². The van der Waals surface area contributed by atoms with Crippen LogP contribution in [0.15, 0.2) is 9.82 Å². The molecule has 6 nitrogen and oxygen atoms in total. The minimum absolute atomic E-state index is 0.0479. The first kappa shape index (κ1) is 18.5. The zero-order chi connectivity index (χ0) is 17.8. The standard InChI is InChI=1S/C18H28N4O2S/c1-3-21(4-2)10-11-22-15-7-5-6-14(15)17(20-18(22)24)25-12-16(23)19-13-8-9-13/h13H,3-12H2,1-2H3,(H,19,23). The Bertz CT molecular complexity index is 680. The Labute approximate surface area is 153 Å². The monoisotopic (exact) mass is 364 g/mol. The average Bonchev–Trinajstić information content (AvgIpc) is 3.27. The van der Waals surface area contributed by atoms with Crippen LogP contribution in [0.5, 0.6) is 0 Å². The highest BCUT2D eigenvalue weighted by Gasteiger charge is 2.25. The van der Waals surface area contributed by atoms with E-state index < -0.39 is 0 Å². The summed E-state index contributed by atoms with van der Waals surface area (Å²) < 4.78 is 1.86. The summed E-state index contributed by atoms with van der Waals surface area (Å²) in [5, 5.41) is 3.75. The number of carbonyl (C=O) groups is 1. The van der Waals surface area contributed by atoms with Gasteiger partial charge >= 0.3 is 5.69 Å². The Hall–Kier alpha value is -1.34. The number of hydrogen-bond donors (Lipinski definition) is 1. The number of aromatic nitrogens is 2. The minimum atomic E-state index is -0.169. The predicted molar refractivity (Wildman–Crippen MR) is 100 cm³/mol. The van der Waals surface area contributed by atoms with Gasteiger partial charge in [-0.15, -0.1) is 0 Å². The molecule has 0 saturated heterocycles. The molecule has 7 heteroatoms. The smallest absolute Gasteiger partial charge is 0.348 e. The average molecular weight is 365 g/mol. The number of thioether (sulfide) groups is 1.